The van der Waals surface area contributed by atoms with Crippen molar-refractivity contribution in [1.29, 1.82) is 0 Å². The maximum Gasteiger partial charge on any atom is 0.138 e. The van der Waals surface area contributed by atoms with Crippen molar-refractivity contribution in [3.63, 3.8) is 0 Å². The molecule has 3 nitrogen and oxygen atoms in total. The van der Waals surface area contributed by atoms with Gasteiger partial charge in [-0.2, -0.15) is 0 Å². The van der Waals surface area contributed by atoms with Crippen molar-refractivity contribution >= 4 is 11.0 Å². The average molecular weight is 205 g/mol. The fourth-order valence-corrected chi connectivity index (χ4v) is 1.47. The molecule has 0 saturated carbocycles. The number of furan rings is 1. The molecule has 2 N–H and O–H groups in total. The smallest absolute Gasteiger partial charge is 0.138 e. The number of hydrogen-bond donors (Lipinski definition) is 2. The maximum absolute atomic E-state index is 9.28. The lowest BCUT2D eigenvalue weighted by molar-refractivity contribution is 0.469. The molecule has 15 heavy (non-hydrogen) atoms. The van der Waals surface area contributed by atoms with Crippen molar-refractivity contribution in [2.75, 3.05) is 0 Å². The van der Waals surface area contributed by atoms with Gasteiger partial charge in [0.2, 0.25) is 0 Å². The monoisotopic (exact) mass is 205 g/mol. The second kappa shape index (κ2) is 3.95. The molecule has 3 heteroatoms. The Labute approximate surface area is 88.7 Å². The van der Waals surface area contributed by atoms with Crippen LogP contribution in [0.5, 0.6) is 5.75 Å². The molecule has 0 spiro atoms. The number of phenolic OH excluding ortho intramolecular Hbond substituents is 1. The van der Waals surface area contributed by atoms with Crippen LogP contribution in [0.2, 0.25) is 0 Å². The van der Waals surface area contributed by atoms with E-state index in [0.717, 1.165) is 16.7 Å². The quantitative estimate of drug-likeness (QED) is 0.809. The molecule has 0 fully saturated rings. The molecule has 1 aromatic heterocycles. The topological polar surface area (TPSA) is 45.4 Å². The van der Waals surface area contributed by atoms with E-state index in [2.05, 4.69) is 19.2 Å². The predicted octanol–water partition coefficient (Wildman–Crippen LogP) is 2.64. The van der Waals surface area contributed by atoms with Crippen LogP contribution in [0.25, 0.3) is 11.0 Å². The van der Waals surface area contributed by atoms with E-state index in [1.54, 1.807) is 12.1 Å². The summed E-state index contributed by atoms with van der Waals surface area (Å²) >= 11 is 0. The van der Waals surface area contributed by atoms with Gasteiger partial charge >= 0.3 is 0 Å². The van der Waals surface area contributed by atoms with Crippen LogP contribution in [0, 0.1) is 0 Å². The summed E-state index contributed by atoms with van der Waals surface area (Å²) in [4.78, 5) is 0. The van der Waals surface area contributed by atoms with Crippen molar-refractivity contribution < 1.29 is 9.52 Å². The van der Waals surface area contributed by atoms with Crippen LogP contribution in [0.3, 0.4) is 0 Å². The Kier molecular flexibility index (Phi) is 2.64. The SMILES string of the molecule is CC(C)NCc1cc2ccc(O)cc2o1. The van der Waals surface area contributed by atoms with Crippen molar-refractivity contribution in [3.05, 3.63) is 30.0 Å². The predicted molar refractivity (Wildman–Crippen MR) is 59.9 cm³/mol. The van der Waals surface area contributed by atoms with Gasteiger partial charge < -0.3 is 14.8 Å². The first-order valence-electron chi connectivity index (χ1n) is 5.10. The summed E-state index contributed by atoms with van der Waals surface area (Å²) in [6.45, 7) is 4.90. The summed E-state index contributed by atoms with van der Waals surface area (Å²) in [6, 6.07) is 7.58. The molecule has 0 radical (unpaired) electrons. The zero-order valence-electron chi connectivity index (χ0n) is 8.95. The standard InChI is InChI=1S/C12H15NO2/c1-8(2)13-7-11-5-9-3-4-10(14)6-12(9)15-11/h3-6,8,13-14H,7H2,1-2H3. The molecule has 1 aromatic carbocycles. The van der Waals surface area contributed by atoms with Crippen LogP contribution in [0.4, 0.5) is 0 Å². The molecule has 2 rings (SSSR count). The molecule has 0 unspecified atom stereocenters. The second-order valence-electron chi connectivity index (χ2n) is 3.97. The van der Waals surface area contributed by atoms with E-state index in [9.17, 15) is 5.11 Å². The van der Waals surface area contributed by atoms with Crippen LogP contribution in [0.15, 0.2) is 28.7 Å². The van der Waals surface area contributed by atoms with Crippen LogP contribution >= 0.6 is 0 Å². The lowest BCUT2D eigenvalue weighted by atomic mass is 10.2. The van der Waals surface area contributed by atoms with E-state index in [-0.39, 0.29) is 5.75 Å². The van der Waals surface area contributed by atoms with Gasteiger partial charge in [-0.1, -0.05) is 13.8 Å². The van der Waals surface area contributed by atoms with Crippen molar-refractivity contribution in [1.82, 2.24) is 5.32 Å². The van der Waals surface area contributed by atoms with Gasteiger partial charge in [0.25, 0.3) is 0 Å². The lowest BCUT2D eigenvalue weighted by Crippen LogP contribution is -2.21. The molecule has 0 aliphatic rings. The molecule has 80 valence electrons. The largest absolute Gasteiger partial charge is 0.508 e. The molecular weight excluding hydrogens is 190 g/mol. The van der Waals surface area contributed by atoms with Crippen LogP contribution in [-0.4, -0.2) is 11.1 Å². The van der Waals surface area contributed by atoms with Gasteiger partial charge in [-0.3, -0.25) is 0 Å². The summed E-state index contributed by atoms with van der Waals surface area (Å²) < 4.78 is 5.58. The van der Waals surface area contributed by atoms with E-state index in [4.69, 9.17) is 4.42 Å². The molecule has 0 amide bonds. The van der Waals surface area contributed by atoms with Crippen LogP contribution < -0.4 is 5.32 Å². The highest BCUT2D eigenvalue weighted by atomic mass is 16.3. The minimum atomic E-state index is 0.236. The van der Waals surface area contributed by atoms with Crippen LogP contribution in [0.1, 0.15) is 19.6 Å². The van der Waals surface area contributed by atoms with Crippen molar-refractivity contribution in [3.8, 4) is 5.75 Å². The molecule has 2 aromatic rings. The van der Waals surface area contributed by atoms with E-state index in [1.807, 2.05) is 12.1 Å². The normalized spacial score (nSPS) is 11.4. The Morgan fingerprint density at radius 1 is 1.33 bits per heavy atom. The molecule has 0 bridgehead atoms. The Bertz CT molecular complexity index is 460. The Balaban J connectivity index is 2.23. The number of phenols is 1. The second-order valence-corrected chi connectivity index (χ2v) is 3.97. The number of benzene rings is 1. The van der Waals surface area contributed by atoms with E-state index in [1.165, 1.54) is 0 Å². The van der Waals surface area contributed by atoms with Crippen LogP contribution in [-0.2, 0) is 6.54 Å². The fraction of sp³-hybridized carbons (Fsp3) is 0.333. The van der Waals surface area contributed by atoms with Gasteiger partial charge in [-0.25, -0.2) is 0 Å². The first-order chi connectivity index (χ1) is 7.15. The number of rotatable bonds is 3. The third-order valence-electron chi connectivity index (χ3n) is 2.24. The molecule has 1 heterocycles. The van der Waals surface area contributed by atoms with Gasteiger partial charge in [0.1, 0.15) is 17.1 Å². The highest BCUT2D eigenvalue weighted by molar-refractivity contribution is 5.79. The van der Waals surface area contributed by atoms with Gasteiger partial charge in [-0.05, 0) is 18.2 Å². The van der Waals surface area contributed by atoms with E-state index in [0.29, 0.717) is 12.6 Å². The minimum Gasteiger partial charge on any atom is -0.508 e. The summed E-state index contributed by atoms with van der Waals surface area (Å²) in [6.07, 6.45) is 0. The summed E-state index contributed by atoms with van der Waals surface area (Å²) in [5.41, 5.74) is 0.732. The summed E-state index contributed by atoms with van der Waals surface area (Å²) in [5, 5.41) is 13.6. The Morgan fingerprint density at radius 3 is 2.87 bits per heavy atom. The Morgan fingerprint density at radius 2 is 2.13 bits per heavy atom. The number of fused-ring (bicyclic) bond motifs is 1. The van der Waals surface area contributed by atoms with Gasteiger partial charge in [0.15, 0.2) is 0 Å². The van der Waals surface area contributed by atoms with Crippen molar-refractivity contribution in [2.45, 2.75) is 26.4 Å². The highest BCUT2D eigenvalue weighted by Crippen LogP contribution is 2.23. The molecule has 0 saturated heterocycles. The molecule has 0 aliphatic heterocycles. The highest BCUT2D eigenvalue weighted by Gasteiger charge is 2.04. The first-order valence-corrected chi connectivity index (χ1v) is 5.10. The maximum atomic E-state index is 9.28. The van der Waals surface area contributed by atoms with Gasteiger partial charge in [0.05, 0.1) is 6.54 Å². The lowest BCUT2D eigenvalue weighted by Gasteiger charge is -2.04. The Hall–Kier alpha value is -1.48. The average Bonchev–Trinajstić information content (AvgIpc) is 2.56. The van der Waals surface area contributed by atoms with Crippen molar-refractivity contribution in [2.24, 2.45) is 0 Å². The minimum absolute atomic E-state index is 0.236. The number of hydrogen-bond acceptors (Lipinski definition) is 3. The zero-order valence-corrected chi connectivity index (χ0v) is 8.95. The van der Waals surface area contributed by atoms with Gasteiger partial charge in [0, 0.05) is 17.5 Å². The van der Waals surface area contributed by atoms with E-state index >= 15 is 0 Å². The summed E-state index contributed by atoms with van der Waals surface area (Å²) in [7, 11) is 0. The molecule has 0 aliphatic carbocycles. The third-order valence-corrected chi connectivity index (χ3v) is 2.24. The molecular formula is C12H15NO2. The van der Waals surface area contributed by atoms with E-state index < -0.39 is 0 Å². The fourth-order valence-electron chi connectivity index (χ4n) is 1.47. The number of nitrogens with one attached hydrogen (secondary N) is 1. The third kappa shape index (κ3) is 2.30. The zero-order chi connectivity index (χ0) is 10.8. The summed E-state index contributed by atoms with van der Waals surface area (Å²) in [5.74, 6) is 1.13. The molecule has 0 atom stereocenters. The van der Waals surface area contributed by atoms with Gasteiger partial charge in [-0.15, -0.1) is 0 Å². The number of aromatic hydroxyl groups is 1. The first kappa shape index (κ1) is 10.1.